The van der Waals surface area contributed by atoms with Crippen LogP contribution >= 0.6 is 0 Å². The number of hydrogen-bond donors (Lipinski definition) is 1. The first-order valence-corrected chi connectivity index (χ1v) is 9.54. The van der Waals surface area contributed by atoms with Crippen LogP contribution in [-0.2, 0) is 17.4 Å². The number of nitrogens with one attached hydrogen (secondary N) is 1. The predicted octanol–water partition coefficient (Wildman–Crippen LogP) is 6.41. The first-order chi connectivity index (χ1) is 14.7. The molecular weight excluding hydrogens is 445 g/mol. The molecule has 0 saturated heterocycles. The van der Waals surface area contributed by atoms with Gasteiger partial charge in [-0.25, -0.2) is 4.39 Å². The molecule has 1 aliphatic carbocycles. The second-order valence-corrected chi connectivity index (χ2v) is 8.60. The predicted molar refractivity (Wildman–Crippen MR) is 99.8 cm³/mol. The molecule has 2 aliphatic rings. The lowest BCUT2D eigenvalue weighted by molar-refractivity contribution is -0.274. The molecule has 0 saturated carbocycles. The van der Waals surface area contributed by atoms with Crippen LogP contribution in [0.3, 0.4) is 0 Å². The SMILES string of the molecule is CC1(C)CC(=O)C2=C(Cc3c[nH]c(C(F)(F)F)c3N2c2cc(F)ccc2OC(F)(F)F)C1. The quantitative estimate of drug-likeness (QED) is 0.525. The topological polar surface area (TPSA) is 45.3 Å². The number of rotatable bonds is 2. The molecule has 11 heteroatoms. The van der Waals surface area contributed by atoms with Gasteiger partial charge in [0.15, 0.2) is 11.5 Å². The summed E-state index contributed by atoms with van der Waals surface area (Å²) in [5.74, 6) is -2.47. The van der Waals surface area contributed by atoms with Gasteiger partial charge in [0.25, 0.3) is 0 Å². The third-order valence-corrected chi connectivity index (χ3v) is 5.38. The molecule has 4 rings (SSSR count). The van der Waals surface area contributed by atoms with Gasteiger partial charge in [-0.3, -0.25) is 4.79 Å². The highest BCUT2D eigenvalue weighted by Gasteiger charge is 2.46. The Hall–Kier alpha value is -2.98. The summed E-state index contributed by atoms with van der Waals surface area (Å²) in [6.07, 6.45) is -8.68. The van der Waals surface area contributed by atoms with E-state index in [1.165, 1.54) is 0 Å². The van der Waals surface area contributed by atoms with Crippen molar-refractivity contribution >= 4 is 17.2 Å². The molecule has 0 spiro atoms. The number of ketones is 1. The number of halogens is 7. The minimum absolute atomic E-state index is 0.00763. The van der Waals surface area contributed by atoms with Gasteiger partial charge in [0, 0.05) is 18.7 Å². The summed E-state index contributed by atoms with van der Waals surface area (Å²) in [5, 5.41) is 0. The molecule has 0 bridgehead atoms. The Bertz CT molecular complexity index is 1130. The number of carbonyl (C=O) groups is 1. The second-order valence-electron chi connectivity index (χ2n) is 8.60. The van der Waals surface area contributed by atoms with Gasteiger partial charge in [-0.1, -0.05) is 13.8 Å². The molecule has 0 amide bonds. The molecule has 1 aromatic heterocycles. The lowest BCUT2D eigenvalue weighted by atomic mass is 9.72. The molecule has 1 aromatic carbocycles. The number of anilines is 2. The average Bonchev–Trinajstić information content (AvgIpc) is 3.03. The molecule has 0 fully saturated rings. The smallest absolute Gasteiger partial charge is 0.404 e. The van der Waals surface area contributed by atoms with E-state index in [2.05, 4.69) is 9.72 Å². The van der Waals surface area contributed by atoms with E-state index in [9.17, 15) is 35.5 Å². The number of fused-ring (bicyclic) bond motifs is 1. The first kappa shape index (κ1) is 22.2. The number of H-pyrrole nitrogens is 1. The fourth-order valence-corrected chi connectivity index (χ4v) is 4.39. The monoisotopic (exact) mass is 462 g/mol. The average molecular weight is 462 g/mol. The summed E-state index contributed by atoms with van der Waals surface area (Å²) in [4.78, 5) is 15.9. The molecule has 0 radical (unpaired) electrons. The summed E-state index contributed by atoms with van der Waals surface area (Å²) in [6.45, 7) is 3.63. The van der Waals surface area contributed by atoms with Gasteiger partial charge in [0.05, 0.1) is 17.1 Å². The van der Waals surface area contributed by atoms with Crippen molar-refractivity contribution in [2.24, 2.45) is 5.41 Å². The Kier molecular flexibility index (Phi) is 4.87. The minimum atomic E-state index is -5.19. The molecule has 0 unspecified atom stereocenters. The number of ether oxygens (including phenoxy) is 1. The summed E-state index contributed by atoms with van der Waals surface area (Å²) < 4.78 is 98.4. The maximum atomic E-state index is 14.1. The third kappa shape index (κ3) is 3.95. The van der Waals surface area contributed by atoms with E-state index in [0.29, 0.717) is 30.2 Å². The van der Waals surface area contributed by atoms with Crippen LogP contribution in [0, 0.1) is 11.2 Å². The fraction of sp³-hybridized carbons (Fsp3) is 0.381. The molecular formula is C21H17F7N2O2. The second kappa shape index (κ2) is 7.01. The Morgan fingerprint density at radius 2 is 1.78 bits per heavy atom. The highest BCUT2D eigenvalue weighted by Crippen LogP contribution is 2.52. The summed E-state index contributed by atoms with van der Waals surface area (Å²) in [6, 6.07) is 1.99. The normalized spacial score (nSPS) is 18.5. The third-order valence-electron chi connectivity index (χ3n) is 5.38. The van der Waals surface area contributed by atoms with Crippen LogP contribution < -0.4 is 9.64 Å². The lowest BCUT2D eigenvalue weighted by Gasteiger charge is -2.41. The van der Waals surface area contributed by atoms with Gasteiger partial charge in [-0.15, -0.1) is 13.2 Å². The molecule has 2 aromatic rings. The standard InChI is InChI=1S/C21H17F7N2O2/c1-19(2)7-10-5-11-9-29-18(20(23,24)25)17(11)30(16(10)14(31)8-19)13-6-12(22)3-4-15(13)32-21(26,27)28/h3-4,6,9,29H,5,7-8H2,1-2H3. The Labute approximate surface area is 177 Å². The van der Waals surface area contributed by atoms with Crippen LogP contribution in [0.4, 0.5) is 42.1 Å². The number of aromatic amines is 1. The largest absolute Gasteiger partial charge is 0.573 e. The summed E-state index contributed by atoms with van der Waals surface area (Å²) >= 11 is 0. The van der Waals surface area contributed by atoms with E-state index in [1.54, 1.807) is 0 Å². The van der Waals surface area contributed by atoms with E-state index >= 15 is 0 Å². The fourth-order valence-electron chi connectivity index (χ4n) is 4.39. The molecule has 1 N–H and O–H groups in total. The number of Topliss-reactive ketones (excluding diaryl/α,β-unsaturated/α-hetero) is 1. The number of alkyl halides is 6. The van der Waals surface area contributed by atoms with Crippen molar-refractivity contribution in [3.63, 3.8) is 0 Å². The van der Waals surface area contributed by atoms with Crippen LogP contribution in [-0.4, -0.2) is 17.1 Å². The van der Waals surface area contributed by atoms with E-state index in [1.807, 2.05) is 13.8 Å². The molecule has 172 valence electrons. The zero-order valence-corrected chi connectivity index (χ0v) is 16.8. The number of aromatic nitrogens is 1. The van der Waals surface area contributed by atoms with Crippen LogP contribution in [0.15, 0.2) is 35.7 Å². The van der Waals surface area contributed by atoms with Crippen LogP contribution in [0.25, 0.3) is 0 Å². The van der Waals surface area contributed by atoms with Crippen molar-refractivity contribution < 1.29 is 40.3 Å². The number of hydrogen-bond acceptors (Lipinski definition) is 3. The number of carbonyl (C=O) groups excluding carboxylic acids is 1. The van der Waals surface area contributed by atoms with Crippen molar-refractivity contribution in [2.45, 2.75) is 45.6 Å². The van der Waals surface area contributed by atoms with Gasteiger partial charge in [-0.2, -0.15) is 13.2 Å². The molecule has 1 aliphatic heterocycles. The van der Waals surface area contributed by atoms with Crippen LogP contribution in [0.2, 0.25) is 0 Å². The van der Waals surface area contributed by atoms with E-state index < -0.39 is 52.4 Å². The van der Waals surface area contributed by atoms with Crippen molar-refractivity contribution in [2.75, 3.05) is 4.90 Å². The van der Waals surface area contributed by atoms with Gasteiger partial charge < -0.3 is 14.6 Å². The Balaban J connectivity index is 2.01. The zero-order valence-electron chi connectivity index (χ0n) is 16.8. The van der Waals surface area contributed by atoms with E-state index in [4.69, 9.17) is 0 Å². The van der Waals surface area contributed by atoms with Gasteiger partial charge in [0.2, 0.25) is 0 Å². The number of benzene rings is 1. The van der Waals surface area contributed by atoms with Crippen molar-refractivity contribution in [1.82, 2.24) is 4.98 Å². The van der Waals surface area contributed by atoms with Gasteiger partial charge in [0.1, 0.15) is 11.5 Å². The molecule has 2 heterocycles. The highest BCUT2D eigenvalue weighted by atomic mass is 19.4. The molecule has 32 heavy (non-hydrogen) atoms. The number of nitrogens with zero attached hydrogens (tertiary/aromatic N) is 1. The Morgan fingerprint density at radius 1 is 1.09 bits per heavy atom. The van der Waals surface area contributed by atoms with Crippen molar-refractivity contribution in [3.05, 3.63) is 52.7 Å². The first-order valence-electron chi connectivity index (χ1n) is 9.54. The highest BCUT2D eigenvalue weighted by molar-refractivity contribution is 6.05. The van der Waals surface area contributed by atoms with Crippen LogP contribution in [0.5, 0.6) is 5.75 Å². The molecule has 0 atom stereocenters. The summed E-state index contributed by atoms with van der Waals surface area (Å²) in [7, 11) is 0. The minimum Gasteiger partial charge on any atom is -0.404 e. The summed E-state index contributed by atoms with van der Waals surface area (Å²) in [5.41, 5.74) is -2.51. The zero-order chi connectivity index (χ0) is 23.6. The van der Waals surface area contributed by atoms with Gasteiger partial charge in [-0.05, 0) is 41.5 Å². The Morgan fingerprint density at radius 3 is 2.41 bits per heavy atom. The van der Waals surface area contributed by atoms with Crippen molar-refractivity contribution in [3.8, 4) is 5.75 Å². The molecule has 4 nitrogen and oxygen atoms in total. The lowest BCUT2D eigenvalue weighted by Crippen LogP contribution is -2.37. The van der Waals surface area contributed by atoms with E-state index in [0.717, 1.165) is 11.1 Å². The van der Waals surface area contributed by atoms with Crippen molar-refractivity contribution in [1.29, 1.82) is 0 Å². The van der Waals surface area contributed by atoms with E-state index in [-0.39, 0.29) is 24.1 Å². The van der Waals surface area contributed by atoms with Gasteiger partial charge >= 0.3 is 12.5 Å². The number of allylic oxidation sites excluding steroid dienone is 2. The van der Waals surface area contributed by atoms with Crippen LogP contribution in [0.1, 0.15) is 37.9 Å². The maximum Gasteiger partial charge on any atom is 0.573 e. The maximum absolute atomic E-state index is 14.1.